The Balaban J connectivity index is 2.05. The van der Waals surface area contributed by atoms with E-state index in [1.807, 2.05) is 24.3 Å². The molecule has 6 heteroatoms. The van der Waals surface area contributed by atoms with Crippen molar-refractivity contribution in [3.05, 3.63) is 64.2 Å². The van der Waals surface area contributed by atoms with Gasteiger partial charge in [0.1, 0.15) is 0 Å². The third-order valence-corrected chi connectivity index (χ3v) is 3.56. The van der Waals surface area contributed by atoms with Gasteiger partial charge in [-0.1, -0.05) is 0 Å². The first-order valence-electron chi connectivity index (χ1n) is 7.64. The Labute approximate surface area is 140 Å². The summed E-state index contributed by atoms with van der Waals surface area (Å²) in [7, 11) is 0. The smallest absolute Gasteiger partial charge is 0.269 e. The Morgan fingerprint density at radius 3 is 2.42 bits per heavy atom. The maximum absolute atomic E-state index is 10.6. The Hall–Kier alpha value is -3.20. The van der Waals surface area contributed by atoms with Crippen molar-refractivity contribution >= 4 is 23.3 Å². The molecule has 2 rings (SSSR count). The highest BCUT2D eigenvalue weighted by Crippen LogP contribution is 2.20. The molecule has 0 bridgehead atoms. The number of benzene rings is 2. The van der Waals surface area contributed by atoms with E-state index >= 15 is 0 Å². The molecule has 0 atom stereocenters. The largest absolute Gasteiger partial charge is 0.371 e. The van der Waals surface area contributed by atoms with E-state index in [2.05, 4.69) is 22.9 Å². The van der Waals surface area contributed by atoms with E-state index in [9.17, 15) is 10.1 Å². The highest BCUT2D eigenvalue weighted by molar-refractivity contribution is 5.82. The summed E-state index contributed by atoms with van der Waals surface area (Å²) < 4.78 is 0. The summed E-state index contributed by atoms with van der Waals surface area (Å²) in [4.78, 5) is 16.7. The Bertz CT molecular complexity index is 746. The molecule has 2 aromatic carbocycles. The van der Waals surface area contributed by atoms with Crippen molar-refractivity contribution in [3.8, 4) is 6.07 Å². The number of nitro groups is 1. The first kappa shape index (κ1) is 17.2. The van der Waals surface area contributed by atoms with Gasteiger partial charge in [0.15, 0.2) is 0 Å². The van der Waals surface area contributed by atoms with Crippen LogP contribution in [-0.2, 0) is 0 Å². The SMILES string of the molecule is CCN(CCC#N)c1ccc(N=Cc2ccc([N+](=O)[O-])cc2)cc1. The Morgan fingerprint density at radius 1 is 1.21 bits per heavy atom. The standard InChI is InChI=1S/C18H18N4O2/c1-2-21(13-3-12-19)17-10-6-16(7-11-17)20-14-15-4-8-18(9-5-15)22(23)24/h4-11,14H,2-3,13H2,1H3. The average molecular weight is 322 g/mol. The number of nitro benzene ring substituents is 1. The zero-order valence-corrected chi connectivity index (χ0v) is 13.4. The molecular weight excluding hydrogens is 304 g/mol. The number of hydrogen-bond acceptors (Lipinski definition) is 5. The summed E-state index contributed by atoms with van der Waals surface area (Å²) in [5.74, 6) is 0. The highest BCUT2D eigenvalue weighted by Gasteiger charge is 2.04. The molecule has 0 radical (unpaired) electrons. The highest BCUT2D eigenvalue weighted by atomic mass is 16.6. The second-order valence-corrected chi connectivity index (χ2v) is 5.11. The van der Waals surface area contributed by atoms with Crippen LogP contribution in [0.25, 0.3) is 0 Å². The molecule has 0 fully saturated rings. The number of nitriles is 1. The number of rotatable bonds is 7. The van der Waals surface area contributed by atoms with Gasteiger partial charge in [0.25, 0.3) is 5.69 Å². The molecule has 0 saturated carbocycles. The molecule has 2 aromatic rings. The molecule has 0 saturated heterocycles. The van der Waals surface area contributed by atoms with Gasteiger partial charge in [0, 0.05) is 37.1 Å². The Kier molecular flexibility index (Phi) is 6.03. The molecule has 24 heavy (non-hydrogen) atoms. The third-order valence-electron chi connectivity index (χ3n) is 3.56. The number of aliphatic imine (C=N–C) groups is 1. The lowest BCUT2D eigenvalue weighted by Crippen LogP contribution is -2.23. The first-order valence-corrected chi connectivity index (χ1v) is 7.64. The minimum absolute atomic E-state index is 0.0635. The zero-order chi connectivity index (χ0) is 17.4. The van der Waals surface area contributed by atoms with Crippen LogP contribution in [0.1, 0.15) is 18.9 Å². The molecule has 0 aliphatic carbocycles. The maximum Gasteiger partial charge on any atom is 0.269 e. The van der Waals surface area contributed by atoms with Crippen LogP contribution in [0.2, 0.25) is 0 Å². The van der Waals surface area contributed by atoms with Gasteiger partial charge in [0.05, 0.1) is 23.1 Å². The molecule has 122 valence electrons. The maximum atomic E-state index is 10.6. The summed E-state index contributed by atoms with van der Waals surface area (Å²) >= 11 is 0. The lowest BCUT2D eigenvalue weighted by molar-refractivity contribution is -0.384. The van der Waals surface area contributed by atoms with Gasteiger partial charge in [0.2, 0.25) is 0 Å². The quantitative estimate of drug-likeness (QED) is 0.437. The van der Waals surface area contributed by atoms with Gasteiger partial charge in [-0.2, -0.15) is 5.26 Å². The van der Waals surface area contributed by atoms with Gasteiger partial charge in [-0.3, -0.25) is 15.1 Å². The predicted molar refractivity (Wildman–Crippen MR) is 94.9 cm³/mol. The normalized spacial score (nSPS) is 10.5. The van der Waals surface area contributed by atoms with Crippen molar-refractivity contribution in [1.29, 1.82) is 5.26 Å². The molecule has 0 aromatic heterocycles. The van der Waals surface area contributed by atoms with Crippen molar-refractivity contribution in [2.24, 2.45) is 4.99 Å². The fraction of sp³-hybridized carbons (Fsp3) is 0.222. The second kappa shape index (κ2) is 8.44. The van der Waals surface area contributed by atoms with E-state index in [1.165, 1.54) is 12.1 Å². The van der Waals surface area contributed by atoms with Crippen molar-refractivity contribution in [3.63, 3.8) is 0 Å². The summed E-state index contributed by atoms with van der Waals surface area (Å²) in [6.07, 6.45) is 2.17. The van der Waals surface area contributed by atoms with E-state index in [1.54, 1.807) is 18.3 Å². The van der Waals surface area contributed by atoms with Crippen LogP contribution in [0, 0.1) is 21.4 Å². The van der Waals surface area contributed by atoms with Crippen LogP contribution in [0.3, 0.4) is 0 Å². The molecule has 0 N–H and O–H groups in total. The van der Waals surface area contributed by atoms with Gasteiger partial charge in [-0.05, 0) is 48.9 Å². The van der Waals surface area contributed by atoms with Crippen LogP contribution in [0.4, 0.5) is 17.1 Å². The fourth-order valence-electron chi connectivity index (χ4n) is 2.24. The monoisotopic (exact) mass is 322 g/mol. The molecule has 0 spiro atoms. The minimum atomic E-state index is -0.425. The molecule has 0 amide bonds. The number of non-ortho nitro benzene ring substituents is 1. The molecule has 0 unspecified atom stereocenters. The predicted octanol–water partition coefficient (Wildman–Crippen LogP) is 4.09. The number of anilines is 1. The average Bonchev–Trinajstić information content (AvgIpc) is 2.62. The van der Waals surface area contributed by atoms with Crippen molar-refractivity contribution in [2.45, 2.75) is 13.3 Å². The summed E-state index contributed by atoms with van der Waals surface area (Å²) in [5.41, 5.74) is 2.72. The molecule has 0 aliphatic rings. The molecule has 0 heterocycles. The lowest BCUT2D eigenvalue weighted by atomic mass is 10.2. The van der Waals surface area contributed by atoms with Crippen LogP contribution in [0.15, 0.2) is 53.5 Å². The fourth-order valence-corrected chi connectivity index (χ4v) is 2.24. The minimum Gasteiger partial charge on any atom is -0.371 e. The van der Waals surface area contributed by atoms with E-state index in [0.29, 0.717) is 13.0 Å². The van der Waals surface area contributed by atoms with E-state index in [0.717, 1.165) is 23.5 Å². The third kappa shape index (κ3) is 4.65. The molecule has 0 aliphatic heterocycles. The van der Waals surface area contributed by atoms with E-state index in [4.69, 9.17) is 5.26 Å². The van der Waals surface area contributed by atoms with Crippen LogP contribution in [0.5, 0.6) is 0 Å². The first-order chi connectivity index (χ1) is 11.6. The van der Waals surface area contributed by atoms with Crippen LogP contribution in [-0.4, -0.2) is 24.2 Å². The van der Waals surface area contributed by atoms with Gasteiger partial charge < -0.3 is 4.90 Å². The zero-order valence-electron chi connectivity index (χ0n) is 13.4. The Morgan fingerprint density at radius 2 is 1.88 bits per heavy atom. The molecule has 6 nitrogen and oxygen atoms in total. The van der Waals surface area contributed by atoms with Crippen LogP contribution >= 0.6 is 0 Å². The van der Waals surface area contributed by atoms with E-state index < -0.39 is 4.92 Å². The van der Waals surface area contributed by atoms with Gasteiger partial charge >= 0.3 is 0 Å². The number of hydrogen-bond donors (Lipinski definition) is 0. The van der Waals surface area contributed by atoms with Crippen molar-refractivity contribution in [1.82, 2.24) is 0 Å². The second-order valence-electron chi connectivity index (χ2n) is 5.11. The van der Waals surface area contributed by atoms with E-state index in [-0.39, 0.29) is 5.69 Å². The van der Waals surface area contributed by atoms with Crippen molar-refractivity contribution < 1.29 is 4.92 Å². The number of nitrogens with zero attached hydrogens (tertiary/aromatic N) is 4. The lowest BCUT2D eigenvalue weighted by Gasteiger charge is -2.21. The van der Waals surface area contributed by atoms with Crippen molar-refractivity contribution in [2.75, 3.05) is 18.0 Å². The topological polar surface area (TPSA) is 82.5 Å². The van der Waals surface area contributed by atoms with Gasteiger partial charge in [-0.15, -0.1) is 0 Å². The summed E-state index contributed by atoms with van der Waals surface area (Å²) in [6.45, 7) is 3.60. The summed E-state index contributed by atoms with van der Waals surface area (Å²) in [5, 5.41) is 19.3. The van der Waals surface area contributed by atoms with Crippen LogP contribution < -0.4 is 4.90 Å². The van der Waals surface area contributed by atoms with Gasteiger partial charge in [-0.25, -0.2) is 0 Å². The summed E-state index contributed by atoms with van der Waals surface area (Å²) in [6, 6.07) is 16.2. The molecular formula is C18H18N4O2.